The van der Waals surface area contributed by atoms with Gasteiger partial charge in [-0.1, -0.05) is 30.0 Å². The summed E-state index contributed by atoms with van der Waals surface area (Å²) in [6.07, 6.45) is 0. The number of rotatable bonds is 6. The lowest BCUT2D eigenvalue weighted by molar-refractivity contribution is -0.384. The molecule has 1 aromatic heterocycles. The van der Waals surface area contributed by atoms with Gasteiger partial charge in [-0.3, -0.25) is 14.9 Å². The Morgan fingerprint density at radius 2 is 1.85 bits per heavy atom. The predicted molar refractivity (Wildman–Crippen MR) is 97.0 cm³/mol. The van der Waals surface area contributed by atoms with Gasteiger partial charge in [0.05, 0.1) is 10.7 Å². The molecule has 0 aliphatic heterocycles. The first-order valence-corrected chi connectivity index (χ1v) is 8.56. The lowest BCUT2D eigenvalue weighted by Crippen LogP contribution is -2.27. The number of nitrogens with zero attached hydrogens (tertiary/aromatic N) is 4. The number of carbonyl (C=O) groups is 1. The zero-order chi connectivity index (χ0) is 18.5. The van der Waals surface area contributed by atoms with Crippen LogP contribution in [0.2, 0.25) is 0 Å². The third kappa shape index (κ3) is 4.06. The third-order valence-electron chi connectivity index (χ3n) is 3.57. The minimum absolute atomic E-state index is 0.0247. The molecule has 1 amide bonds. The fraction of sp³-hybridized carbons (Fsp3) is 0.118. The van der Waals surface area contributed by atoms with Crippen LogP contribution in [0.25, 0.3) is 11.5 Å². The minimum atomic E-state index is -0.485. The molecule has 0 radical (unpaired) electrons. The maximum atomic E-state index is 12.3. The van der Waals surface area contributed by atoms with Crippen molar-refractivity contribution >= 4 is 29.0 Å². The molecule has 0 unspecified atom stereocenters. The molecule has 0 aliphatic rings. The van der Waals surface area contributed by atoms with Crippen LogP contribution in [-0.4, -0.2) is 33.8 Å². The average molecular weight is 370 g/mol. The van der Waals surface area contributed by atoms with E-state index in [0.29, 0.717) is 16.8 Å². The number of hydrogen-bond donors (Lipinski definition) is 0. The first kappa shape index (κ1) is 17.6. The fourth-order valence-corrected chi connectivity index (χ4v) is 2.80. The van der Waals surface area contributed by atoms with Gasteiger partial charge in [-0.2, -0.15) is 0 Å². The number of amides is 1. The third-order valence-corrected chi connectivity index (χ3v) is 4.37. The van der Waals surface area contributed by atoms with Crippen LogP contribution in [0.15, 0.2) is 64.2 Å². The van der Waals surface area contributed by atoms with Crippen molar-refractivity contribution in [2.24, 2.45) is 0 Å². The van der Waals surface area contributed by atoms with E-state index in [1.807, 2.05) is 30.3 Å². The zero-order valence-electron chi connectivity index (χ0n) is 13.7. The number of aromatic nitrogens is 2. The number of non-ortho nitro benzene ring substituents is 1. The van der Waals surface area contributed by atoms with Crippen molar-refractivity contribution in [2.75, 3.05) is 17.7 Å². The predicted octanol–water partition coefficient (Wildman–Crippen LogP) is 3.40. The van der Waals surface area contributed by atoms with E-state index in [0.717, 1.165) is 17.3 Å². The SMILES string of the molecule is CN(C(=O)CSc1nnc(-c2ccccc2)o1)c1ccc([N+](=O)[O-])cc1. The standard InChI is InChI=1S/C17H14N4O4S/c1-20(13-7-9-14(10-8-13)21(23)24)15(22)11-26-17-19-18-16(25-17)12-5-3-2-4-6-12/h2-10H,11H2,1H3. The van der Waals surface area contributed by atoms with E-state index in [2.05, 4.69) is 10.2 Å². The van der Waals surface area contributed by atoms with Gasteiger partial charge in [-0.25, -0.2) is 0 Å². The molecule has 9 heteroatoms. The van der Waals surface area contributed by atoms with Crippen molar-refractivity contribution < 1.29 is 14.1 Å². The lowest BCUT2D eigenvalue weighted by atomic mass is 10.2. The Morgan fingerprint density at radius 3 is 2.50 bits per heavy atom. The molecule has 8 nitrogen and oxygen atoms in total. The van der Waals surface area contributed by atoms with E-state index in [9.17, 15) is 14.9 Å². The Morgan fingerprint density at radius 1 is 1.15 bits per heavy atom. The molecule has 1 heterocycles. The Balaban J connectivity index is 1.60. The number of thioether (sulfide) groups is 1. The topological polar surface area (TPSA) is 102 Å². The highest BCUT2D eigenvalue weighted by atomic mass is 32.2. The molecule has 0 N–H and O–H groups in total. The quantitative estimate of drug-likeness (QED) is 0.372. The molecular weight excluding hydrogens is 356 g/mol. The van der Waals surface area contributed by atoms with Crippen molar-refractivity contribution in [1.29, 1.82) is 0 Å². The monoisotopic (exact) mass is 370 g/mol. The summed E-state index contributed by atoms with van der Waals surface area (Å²) in [6, 6.07) is 15.1. The summed E-state index contributed by atoms with van der Waals surface area (Å²) in [5.41, 5.74) is 1.35. The Kier molecular flexibility index (Phi) is 5.28. The number of carbonyl (C=O) groups excluding carboxylic acids is 1. The van der Waals surface area contributed by atoms with E-state index < -0.39 is 4.92 Å². The smallest absolute Gasteiger partial charge is 0.277 e. The highest BCUT2D eigenvalue weighted by Gasteiger charge is 2.15. The molecule has 2 aromatic carbocycles. The van der Waals surface area contributed by atoms with E-state index in [1.54, 1.807) is 7.05 Å². The van der Waals surface area contributed by atoms with Crippen LogP contribution in [-0.2, 0) is 4.79 Å². The van der Waals surface area contributed by atoms with Crippen LogP contribution in [0.5, 0.6) is 0 Å². The number of anilines is 1. The molecule has 3 rings (SSSR count). The molecule has 0 saturated carbocycles. The summed E-state index contributed by atoms with van der Waals surface area (Å²) < 4.78 is 5.54. The second kappa shape index (κ2) is 7.79. The normalized spacial score (nSPS) is 10.5. The van der Waals surface area contributed by atoms with Crippen LogP contribution in [0.1, 0.15) is 0 Å². The van der Waals surface area contributed by atoms with Crippen LogP contribution >= 0.6 is 11.8 Å². The van der Waals surface area contributed by atoms with E-state index in [1.165, 1.54) is 29.2 Å². The molecule has 0 bridgehead atoms. The molecule has 0 aliphatic carbocycles. The maximum absolute atomic E-state index is 12.3. The van der Waals surface area contributed by atoms with Gasteiger partial charge in [-0.15, -0.1) is 10.2 Å². The van der Waals surface area contributed by atoms with Crippen molar-refractivity contribution in [3.63, 3.8) is 0 Å². The molecule has 3 aromatic rings. The molecule has 0 fully saturated rings. The van der Waals surface area contributed by atoms with Crippen molar-refractivity contribution in [3.8, 4) is 11.5 Å². The molecule has 0 atom stereocenters. The number of nitro groups is 1. The van der Waals surface area contributed by atoms with Gasteiger partial charge >= 0.3 is 0 Å². The first-order chi connectivity index (χ1) is 12.5. The van der Waals surface area contributed by atoms with E-state index in [4.69, 9.17) is 4.42 Å². The summed E-state index contributed by atoms with van der Waals surface area (Å²) in [7, 11) is 1.60. The summed E-state index contributed by atoms with van der Waals surface area (Å²) in [5.74, 6) is 0.303. The van der Waals surface area contributed by atoms with Crippen molar-refractivity contribution in [3.05, 3.63) is 64.7 Å². The Bertz CT molecular complexity index is 912. The Hall–Kier alpha value is -3.20. The van der Waals surface area contributed by atoms with E-state index >= 15 is 0 Å². The second-order valence-corrected chi connectivity index (χ2v) is 6.18. The van der Waals surface area contributed by atoms with Gasteiger partial charge in [0.25, 0.3) is 10.9 Å². The molecule has 0 saturated heterocycles. The van der Waals surface area contributed by atoms with Gasteiger partial charge in [0.15, 0.2) is 0 Å². The lowest BCUT2D eigenvalue weighted by Gasteiger charge is -2.16. The zero-order valence-corrected chi connectivity index (χ0v) is 14.5. The highest BCUT2D eigenvalue weighted by molar-refractivity contribution is 7.99. The highest BCUT2D eigenvalue weighted by Crippen LogP contribution is 2.24. The van der Waals surface area contributed by atoms with Crippen LogP contribution < -0.4 is 4.90 Å². The molecule has 0 spiro atoms. The first-order valence-electron chi connectivity index (χ1n) is 7.57. The summed E-state index contributed by atoms with van der Waals surface area (Å²) >= 11 is 1.14. The van der Waals surface area contributed by atoms with Gasteiger partial charge in [0.1, 0.15) is 0 Å². The van der Waals surface area contributed by atoms with Gasteiger partial charge < -0.3 is 9.32 Å². The maximum Gasteiger partial charge on any atom is 0.277 e. The summed E-state index contributed by atoms with van der Waals surface area (Å²) in [6.45, 7) is 0. The van der Waals surface area contributed by atoms with Gasteiger partial charge in [0.2, 0.25) is 11.8 Å². The molecule has 26 heavy (non-hydrogen) atoms. The average Bonchev–Trinajstić information content (AvgIpc) is 3.15. The second-order valence-electron chi connectivity index (χ2n) is 5.25. The fourth-order valence-electron chi connectivity index (χ4n) is 2.13. The van der Waals surface area contributed by atoms with Gasteiger partial charge in [0, 0.05) is 30.4 Å². The van der Waals surface area contributed by atoms with E-state index in [-0.39, 0.29) is 17.3 Å². The van der Waals surface area contributed by atoms with Crippen molar-refractivity contribution in [1.82, 2.24) is 10.2 Å². The van der Waals surface area contributed by atoms with Gasteiger partial charge in [-0.05, 0) is 24.3 Å². The van der Waals surface area contributed by atoms with Crippen LogP contribution in [0.4, 0.5) is 11.4 Å². The largest absolute Gasteiger partial charge is 0.411 e. The van der Waals surface area contributed by atoms with Crippen molar-refractivity contribution in [2.45, 2.75) is 5.22 Å². The number of nitro benzene ring substituents is 1. The number of benzene rings is 2. The summed E-state index contributed by atoms with van der Waals surface area (Å²) in [4.78, 5) is 23.9. The van der Waals surface area contributed by atoms with Crippen LogP contribution in [0, 0.1) is 10.1 Å². The minimum Gasteiger partial charge on any atom is -0.411 e. The summed E-state index contributed by atoms with van der Waals surface area (Å²) in [5, 5.41) is 18.9. The van der Waals surface area contributed by atoms with Crippen LogP contribution in [0.3, 0.4) is 0 Å². The number of hydrogen-bond acceptors (Lipinski definition) is 7. The molecule has 132 valence electrons. The Labute approximate surface area is 153 Å². The molecular formula is C17H14N4O4S.